The van der Waals surface area contributed by atoms with Gasteiger partial charge in [0.25, 0.3) is 0 Å². The molecule has 0 atom stereocenters. The first-order valence-electron chi connectivity index (χ1n) is 7.30. The third-order valence-electron chi connectivity index (χ3n) is 3.47. The summed E-state index contributed by atoms with van der Waals surface area (Å²) >= 11 is 3.12. The molecule has 0 fully saturated rings. The van der Waals surface area contributed by atoms with E-state index in [1.54, 1.807) is 11.3 Å². The third kappa shape index (κ3) is 2.88. The average molecular weight is 358 g/mol. The van der Waals surface area contributed by atoms with E-state index in [2.05, 4.69) is 21.5 Å². The number of aromatic nitrogens is 5. The second kappa shape index (κ2) is 6.27. The maximum atomic E-state index is 12.4. The molecule has 0 N–H and O–H groups in total. The highest BCUT2D eigenvalue weighted by molar-refractivity contribution is 7.18. The number of hydrogen-bond donors (Lipinski definition) is 0. The molecule has 1 aromatic carbocycles. The van der Waals surface area contributed by atoms with Gasteiger partial charge in [-0.25, -0.2) is 9.78 Å². The molecule has 0 bridgehead atoms. The first-order chi connectivity index (χ1) is 11.7. The predicted molar refractivity (Wildman–Crippen MR) is 94.6 cm³/mol. The van der Waals surface area contributed by atoms with Gasteiger partial charge in [-0.05, 0) is 47.1 Å². The number of nitrogens with zero attached hydrogens (tertiary/aromatic N) is 6. The summed E-state index contributed by atoms with van der Waals surface area (Å²) in [7, 11) is 1.93. The molecule has 0 aliphatic rings. The number of rotatable bonds is 5. The molecule has 3 aromatic heterocycles. The maximum absolute atomic E-state index is 12.4. The Morgan fingerprint density at radius 1 is 1.17 bits per heavy atom. The highest BCUT2D eigenvalue weighted by Gasteiger charge is 2.12. The SMILES string of the molecule is CN(Cc1nc2ccccc2s1)Cn1nnn(-c2cccs2)c1=O. The quantitative estimate of drug-likeness (QED) is 0.547. The van der Waals surface area contributed by atoms with E-state index in [1.165, 1.54) is 25.4 Å². The van der Waals surface area contributed by atoms with Gasteiger partial charge in [-0.1, -0.05) is 12.1 Å². The summed E-state index contributed by atoms with van der Waals surface area (Å²) in [5, 5.41) is 11.6. The molecule has 0 saturated carbocycles. The zero-order valence-corrected chi connectivity index (χ0v) is 14.5. The third-order valence-corrected chi connectivity index (χ3v) is 5.34. The summed E-state index contributed by atoms with van der Waals surface area (Å²) in [6.07, 6.45) is 0. The van der Waals surface area contributed by atoms with Gasteiger partial charge < -0.3 is 0 Å². The van der Waals surface area contributed by atoms with Crippen LogP contribution < -0.4 is 5.69 Å². The largest absolute Gasteiger partial charge is 0.370 e. The lowest BCUT2D eigenvalue weighted by Crippen LogP contribution is -2.31. The number of hydrogen-bond acceptors (Lipinski definition) is 7. The van der Waals surface area contributed by atoms with Crippen LogP contribution in [0.2, 0.25) is 0 Å². The van der Waals surface area contributed by atoms with E-state index in [9.17, 15) is 4.79 Å². The highest BCUT2D eigenvalue weighted by atomic mass is 32.1. The van der Waals surface area contributed by atoms with Crippen LogP contribution in [0.25, 0.3) is 15.2 Å². The maximum Gasteiger partial charge on any atom is 0.370 e. The highest BCUT2D eigenvalue weighted by Crippen LogP contribution is 2.22. The summed E-state index contributed by atoms with van der Waals surface area (Å²) in [4.78, 5) is 19.0. The minimum absolute atomic E-state index is 0.242. The van der Waals surface area contributed by atoms with Crippen molar-refractivity contribution < 1.29 is 0 Å². The van der Waals surface area contributed by atoms with Gasteiger partial charge in [0.2, 0.25) is 0 Å². The van der Waals surface area contributed by atoms with Crippen LogP contribution in [0.4, 0.5) is 0 Å². The number of benzene rings is 1. The molecule has 0 aliphatic carbocycles. The van der Waals surface area contributed by atoms with Crippen molar-refractivity contribution in [1.82, 2.24) is 29.7 Å². The molecular formula is C15H14N6OS2. The van der Waals surface area contributed by atoms with Gasteiger partial charge in [-0.15, -0.1) is 22.7 Å². The Balaban J connectivity index is 1.50. The molecule has 0 spiro atoms. The minimum atomic E-state index is -0.242. The first kappa shape index (κ1) is 15.2. The Morgan fingerprint density at radius 2 is 2.04 bits per heavy atom. The van der Waals surface area contributed by atoms with Crippen LogP contribution in [0.5, 0.6) is 0 Å². The van der Waals surface area contributed by atoms with E-state index in [0.717, 1.165) is 15.5 Å². The number of para-hydroxylation sites is 1. The minimum Gasteiger partial charge on any atom is -0.281 e. The number of thiophene rings is 1. The molecule has 3 heterocycles. The molecule has 0 aliphatic heterocycles. The van der Waals surface area contributed by atoms with Gasteiger partial charge in [-0.3, -0.25) is 4.90 Å². The van der Waals surface area contributed by atoms with Crippen LogP contribution in [0.3, 0.4) is 0 Å². The second-order valence-corrected chi connectivity index (χ2v) is 7.40. The summed E-state index contributed by atoms with van der Waals surface area (Å²) in [5.74, 6) is 0. The second-order valence-electron chi connectivity index (χ2n) is 5.36. The number of fused-ring (bicyclic) bond motifs is 1. The molecule has 24 heavy (non-hydrogen) atoms. The number of tetrazole rings is 1. The van der Waals surface area contributed by atoms with E-state index in [4.69, 9.17) is 0 Å². The Hall–Kier alpha value is -2.36. The molecule has 0 unspecified atom stereocenters. The predicted octanol–water partition coefficient (Wildman–Crippen LogP) is 2.19. The van der Waals surface area contributed by atoms with Crippen molar-refractivity contribution in [3.8, 4) is 5.00 Å². The van der Waals surface area contributed by atoms with Crippen LogP contribution in [0, 0.1) is 0 Å². The molecular weight excluding hydrogens is 344 g/mol. The van der Waals surface area contributed by atoms with E-state index >= 15 is 0 Å². The summed E-state index contributed by atoms with van der Waals surface area (Å²) in [6.45, 7) is 1.01. The van der Waals surface area contributed by atoms with Crippen molar-refractivity contribution >= 4 is 32.9 Å². The van der Waals surface area contributed by atoms with E-state index < -0.39 is 0 Å². The monoisotopic (exact) mass is 358 g/mol. The molecule has 4 aromatic rings. The van der Waals surface area contributed by atoms with E-state index in [-0.39, 0.29) is 5.69 Å². The zero-order valence-electron chi connectivity index (χ0n) is 12.9. The van der Waals surface area contributed by atoms with Crippen molar-refractivity contribution in [2.24, 2.45) is 0 Å². The zero-order chi connectivity index (χ0) is 16.5. The summed E-state index contributed by atoms with van der Waals surface area (Å²) in [5.41, 5.74) is 0.764. The molecule has 7 nitrogen and oxygen atoms in total. The Bertz CT molecular complexity index is 983. The van der Waals surface area contributed by atoms with Crippen molar-refractivity contribution in [2.75, 3.05) is 7.05 Å². The fraction of sp³-hybridized carbons (Fsp3) is 0.200. The Labute approximate surface area is 145 Å². The smallest absolute Gasteiger partial charge is 0.281 e. The lowest BCUT2D eigenvalue weighted by Gasteiger charge is -2.13. The molecule has 4 rings (SSSR count). The average Bonchev–Trinajstić information content (AvgIpc) is 3.27. The molecule has 9 heteroatoms. The summed E-state index contributed by atoms with van der Waals surface area (Å²) in [6, 6.07) is 11.8. The van der Waals surface area contributed by atoms with Gasteiger partial charge in [0, 0.05) is 0 Å². The molecule has 0 saturated heterocycles. The molecule has 0 radical (unpaired) electrons. The Morgan fingerprint density at radius 3 is 2.83 bits per heavy atom. The van der Waals surface area contributed by atoms with Crippen molar-refractivity contribution in [3.05, 3.63) is 57.3 Å². The van der Waals surface area contributed by atoms with Gasteiger partial charge in [0.05, 0.1) is 16.8 Å². The van der Waals surface area contributed by atoms with Crippen molar-refractivity contribution in [1.29, 1.82) is 0 Å². The van der Waals surface area contributed by atoms with Gasteiger partial charge in [0.1, 0.15) is 16.7 Å². The van der Waals surface area contributed by atoms with E-state index in [1.807, 2.05) is 47.7 Å². The van der Waals surface area contributed by atoms with Crippen molar-refractivity contribution in [3.63, 3.8) is 0 Å². The normalized spacial score (nSPS) is 11.6. The standard InChI is InChI=1S/C15H14N6OS2/c1-19(9-13-16-11-5-2-3-6-12(11)24-13)10-20-15(22)21(18-17-20)14-7-4-8-23-14/h2-8H,9-10H2,1H3. The first-order valence-corrected chi connectivity index (χ1v) is 9.00. The van der Waals surface area contributed by atoms with Crippen LogP contribution >= 0.6 is 22.7 Å². The van der Waals surface area contributed by atoms with Gasteiger partial charge in [-0.2, -0.15) is 9.36 Å². The van der Waals surface area contributed by atoms with Crippen LogP contribution in [-0.2, 0) is 13.2 Å². The van der Waals surface area contributed by atoms with Gasteiger partial charge in [0.15, 0.2) is 0 Å². The summed E-state index contributed by atoms with van der Waals surface area (Å²) < 4.78 is 3.84. The van der Waals surface area contributed by atoms with E-state index in [0.29, 0.717) is 13.2 Å². The van der Waals surface area contributed by atoms with Gasteiger partial charge >= 0.3 is 5.69 Å². The topological polar surface area (TPSA) is 68.8 Å². The number of thiazole rings is 1. The lowest BCUT2D eigenvalue weighted by atomic mass is 10.3. The lowest BCUT2D eigenvalue weighted by molar-refractivity contribution is 0.239. The molecule has 122 valence electrons. The van der Waals surface area contributed by atoms with Crippen LogP contribution in [0.1, 0.15) is 5.01 Å². The fourth-order valence-corrected chi connectivity index (χ4v) is 4.10. The Kier molecular flexibility index (Phi) is 3.97. The fourth-order valence-electron chi connectivity index (χ4n) is 2.39. The van der Waals surface area contributed by atoms with Crippen LogP contribution in [-0.4, -0.2) is 36.7 Å². The van der Waals surface area contributed by atoms with Crippen molar-refractivity contribution in [2.45, 2.75) is 13.2 Å². The molecule has 0 amide bonds. The van der Waals surface area contributed by atoms with Crippen LogP contribution in [0.15, 0.2) is 46.6 Å².